The summed E-state index contributed by atoms with van der Waals surface area (Å²) >= 11 is 0. The Morgan fingerprint density at radius 3 is 2.43 bits per heavy atom. The van der Waals surface area contributed by atoms with E-state index < -0.39 is 0 Å². The van der Waals surface area contributed by atoms with E-state index in [1.165, 1.54) is 38.9 Å². The molecule has 5 nitrogen and oxygen atoms in total. The van der Waals surface area contributed by atoms with E-state index in [1.54, 1.807) is 14.2 Å². The molecule has 1 aliphatic heterocycles. The zero-order chi connectivity index (χ0) is 15.5. The Labute approximate surface area is 130 Å². The molecule has 0 amide bonds. The number of ether oxygens (including phenoxy) is 1. The summed E-state index contributed by atoms with van der Waals surface area (Å²) in [5.41, 5.74) is 0. The van der Waals surface area contributed by atoms with Gasteiger partial charge in [0.15, 0.2) is 5.96 Å². The number of nitrogens with one attached hydrogen (secondary N) is 2. The van der Waals surface area contributed by atoms with Crippen LogP contribution in [0.4, 0.5) is 0 Å². The summed E-state index contributed by atoms with van der Waals surface area (Å²) < 4.78 is 5.01. The smallest absolute Gasteiger partial charge is 0.191 e. The maximum atomic E-state index is 5.01. The minimum atomic E-state index is 0.700. The Balaban J connectivity index is 2.05. The first-order chi connectivity index (χ1) is 10.2. The maximum absolute atomic E-state index is 5.01. The minimum absolute atomic E-state index is 0.700. The first kappa shape index (κ1) is 18.2. The first-order valence-electron chi connectivity index (χ1n) is 8.31. The fourth-order valence-electron chi connectivity index (χ4n) is 3.13. The van der Waals surface area contributed by atoms with Crippen molar-refractivity contribution in [3.05, 3.63) is 0 Å². The van der Waals surface area contributed by atoms with E-state index in [0.717, 1.165) is 30.9 Å². The third kappa shape index (κ3) is 8.27. The number of likely N-dealkylation sites (tertiary alicyclic amines) is 1. The van der Waals surface area contributed by atoms with Gasteiger partial charge in [0.2, 0.25) is 0 Å². The largest absolute Gasteiger partial charge is 0.383 e. The lowest BCUT2D eigenvalue weighted by molar-refractivity contribution is 0.139. The number of piperidine rings is 1. The van der Waals surface area contributed by atoms with Gasteiger partial charge >= 0.3 is 0 Å². The molecule has 5 heteroatoms. The van der Waals surface area contributed by atoms with Gasteiger partial charge in [0, 0.05) is 40.3 Å². The van der Waals surface area contributed by atoms with Crippen molar-refractivity contribution in [3.8, 4) is 0 Å². The molecule has 0 radical (unpaired) electrons. The minimum Gasteiger partial charge on any atom is -0.383 e. The van der Waals surface area contributed by atoms with Crippen LogP contribution in [0.3, 0.4) is 0 Å². The molecular formula is C16H34N4O. The van der Waals surface area contributed by atoms with E-state index in [9.17, 15) is 0 Å². The Bertz CT molecular complexity index is 286. The van der Waals surface area contributed by atoms with Crippen LogP contribution < -0.4 is 10.6 Å². The van der Waals surface area contributed by atoms with Crippen LogP contribution in [0.5, 0.6) is 0 Å². The molecule has 1 heterocycles. The van der Waals surface area contributed by atoms with Gasteiger partial charge in [-0.05, 0) is 37.6 Å². The van der Waals surface area contributed by atoms with Crippen LogP contribution >= 0.6 is 0 Å². The Morgan fingerprint density at radius 2 is 1.81 bits per heavy atom. The van der Waals surface area contributed by atoms with Gasteiger partial charge in [0.25, 0.3) is 0 Å². The van der Waals surface area contributed by atoms with Crippen molar-refractivity contribution in [2.24, 2.45) is 16.8 Å². The van der Waals surface area contributed by atoms with Gasteiger partial charge in [0.1, 0.15) is 0 Å². The lowest BCUT2D eigenvalue weighted by Crippen LogP contribution is -2.40. The van der Waals surface area contributed by atoms with Crippen molar-refractivity contribution in [1.82, 2.24) is 15.5 Å². The van der Waals surface area contributed by atoms with Crippen molar-refractivity contribution < 1.29 is 4.74 Å². The highest BCUT2D eigenvalue weighted by Gasteiger charge is 2.20. The molecule has 0 aromatic rings. The standard InChI is InChI=1S/C16H34N4O/c1-14-11-15(2)13-20(12-14)9-6-5-7-18-16(17-3)19-8-10-21-4/h14-15H,5-13H2,1-4H3,(H2,17,18,19). The van der Waals surface area contributed by atoms with E-state index in [-0.39, 0.29) is 0 Å². The normalized spacial score (nSPS) is 24.1. The number of nitrogens with zero attached hydrogens (tertiary/aromatic N) is 2. The van der Waals surface area contributed by atoms with E-state index in [1.807, 2.05) is 0 Å². The average molecular weight is 298 g/mol. The second-order valence-corrected chi connectivity index (χ2v) is 6.33. The molecule has 0 saturated carbocycles. The predicted octanol–water partition coefficient (Wildman–Crippen LogP) is 1.56. The van der Waals surface area contributed by atoms with Gasteiger partial charge in [-0.15, -0.1) is 0 Å². The molecule has 1 rings (SSSR count). The Morgan fingerprint density at radius 1 is 1.14 bits per heavy atom. The summed E-state index contributed by atoms with van der Waals surface area (Å²) in [5.74, 6) is 2.58. The van der Waals surface area contributed by atoms with Crippen LogP contribution in [-0.2, 0) is 4.74 Å². The number of methoxy groups -OCH3 is 1. The van der Waals surface area contributed by atoms with Crippen molar-refractivity contribution in [1.29, 1.82) is 0 Å². The number of rotatable bonds is 8. The van der Waals surface area contributed by atoms with Crippen molar-refractivity contribution >= 4 is 5.96 Å². The second kappa shape index (κ2) is 10.9. The summed E-state index contributed by atoms with van der Waals surface area (Å²) in [4.78, 5) is 6.83. The van der Waals surface area contributed by atoms with Gasteiger partial charge in [0.05, 0.1) is 6.61 Å². The van der Waals surface area contributed by atoms with Gasteiger partial charge in [-0.2, -0.15) is 0 Å². The molecule has 2 atom stereocenters. The van der Waals surface area contributed by atoms with E-state index in [2.05, 4.69) is 34.4 Å². The van der Waals surface area contributed by atoms with Crippen LogP contribution in [0.15, 0.2) is 4.99 Å². The fourth-order valence-corrected chi connectivity index (χ4v) is 3.13. The number of hydrogen-bond acceptors (Lipinski definition) is 3. The third-order valence-corrected chi connectivity index (χ3v) is 3.96. The molecule has 1 aliphatic rings. The summed E-state index contributed by atoms with van der Waals surface area (Å²) in [6, 6.07) is 0. The zero-order valence-electron chi connectivity index (χ0n) is 14.3. The molecule has 0 spiro atoms. The molecule has 2 unspecified atom stereocenters. The van der Waals surface area contributed by atoms with Crippen LogP contribution in [-0.4, -0.2) is 64.3 Å². The highest BCUT2D eigenvalue weighted by molar-refractivity contribution is 5.79. The topological polar surface area (TPSA) is 48.9 Å². The summed E-state index contributed by atoms with van der Waals surface area (Å²) in [5, 5.41) is 6.57. The number of hydrogen-bond donors (Lipinski definition) is 2. The molecular weight excluding hydrogens is 264 g/mol. The monoisotopic (exact) mass is 298 g/mol. The molecule has 1 saturated heterocycles. The quantitative estimate of drug-likeness (QED) is 0.406. The highest BCUT2D eigenvalue weighted by atomic mass is 16.5. The predicted molar refractivity (Wildman–Crippen MR) is 89.9 cm³/mol. The van der Waals surface area contributed by atoms with E-state index in [4.69, 9.17) is 4.74 Å². The molecule has 2 N–H and O–H groups in total. The number of guanidine groups is 1. The van der Waals surface area contributed by atoms with E-state index >= 15 is 0 Å². The van der Waals surface area contributed by atoms with Crippen LogP contribution in [0, 0.1) is 11.8 Å². The summed E-state index contributed by atoms with van der Waals surface area (Å²) in [6.07, 6.45) is 3.83. The SMILES string of the molecule is CN=C(NCCCCN1CC(C)CC(C)C1)NCCOC. The Hall–Kier alpha value is -0.810. The lowest BCUT2D eigenvalue weighted by atomic mass is 9.92. The molecule has 1 fully saturated rings. The first-order valence-corrected chi connectivity index (χ1v) is 8.31. The van der Waals surface area contributed by atoms with Gasteiger partial charge < -0.3 is 20.3 Å². The number of aliphatic imine (C=N–C) groups is 1. The molecule has 0 aliphatic carbocycles. The average Bonchev–Trinajstić information content (AvgIpc) is 2.44. The maximum Gasteiger partial charge on any atom is 0.191 e. The van der Waals surface area contributed by atoms with Crippen LogP contribution in [0.1, 0.15) is 33.1 Å². The van der Waals surface area contributed by atoms with Crippen molar-refractivity contribution in [2.75, 3.05) is 53.5 Å². The van der Waals surface area contributed by atoms with Gasteiger partial charge in [-0.1, -0.05) is 13.8 Å². The Kier molecular flexibility index (Phi) is 9.42. The summed E-state index contributed by atoms with van der Waals surface area (Å²) in [6.45, 7) is 11.0. The number of unbranched alkanes of at least 4 members (excludes halogenated alkanes) is 1. The lowest BCUT2D eigenvalue weighted by Gasteiger charge is -2.34. The van der Waals surface area contributed by atoms with Crippen LogP contribution in [0.25, 0.3) is 0 Å². The fraction of sp³-hybridized carbons (Fsp3) is 0.938. The van der Waals surface area contributed by atoms with Gasteiger partial charge in [-0.25, -0.2) is 0 Å². The molecule has 21 heavy (non-hydrogen) atoms. The molecule has 124 valence electrons. The second-order valence-electron chi connectivity index (χ2n) is 6.33. The van der Waals surface area contributed by atoms with Gasteiger partial charge in [-0.3, -0.25) is 4.99 Å². The van der Waals surface area contributed by atoms with Crippen LogP contribution in [0.2, 0.25) is 0 Å². The highest BCUT2D eigenvalue weighted by Crippen LogP contribution is 2.20. The zero-order valence-corrected chi connectivity index (χ0v) is 14.3. The van der Waals surface area contributed by atoms with Crippen molar-refractivity contribution in [3.63, 3.8) is 0 Å². The molecule has 0 bridgehead atoms. The molecule has 0 aromatic carbocycles. The molecule has 0 aromatic heterocycles. The summed E-state index contributed by atoms with van der Waals surface area (Å²) in [7, 11) is 3.51. The third-order valence-electron chi connectivity index (χ3n) is 3.96. The van der Waals surface area contributed by atoms with E-state index in [0.29, 0.717) is 6.61 Å². The van der Waals surface area contributed by atoms with Crippen molar-refractivity contribution in [2.45, 2.75) is 33.1 Å².